The number of aliphatic carboxylic acids is 1. The molecule has 0 aliphatic rings. The minimum atomic E-state index is -0.799. The summed E-state index contributed by atoms with van der Waals surface area (Å²) in [5.74, 6) is 0.362. The van der Waals surface area contributed by atoms with E-state index in [0.717, 1.165) is 24.1 Å². The average molecular weight is 579 g/mol. The van der Waals surface area contributed by atoms with Crippen LogP contribution in [0.25, 0.3) is 0 Å². The van der Waals surface area contributed by atoms with Crippen molar-refractivity contribution in [3.63, 3.8) is 0 Å². The van der Waals surface area contributed by atoms with E-state index in [1.807, 2.05) is 48.0 Å². The Balaban J connectivity index is 1.61. The Kier molecular flexibility index (Phi) is 11.0. The van der Waals surface area contributed by atoms with Crippen molar-refractivity contribution in [2.45, 2.75) is 79.3 Å². The summed E-state index contributed by atoms with van der Waals surface area (Å²) in [5, 5.41) is 12.7. The van der Waals surface area contributed by atoms with Gasteiger partial charge in [-0.3, -0.25) is 9.59 Å². The fourth-order valence-corrected chi connectivity index (χ4v) is 5.66. The molecule has 0 amide bonds. The van der Waals surface area contributed by atoms with Crippen molar-refractivity contribution in [2.75, 3.05) is 5.32 Å². The number of benzene rings is 3. The van der Waals surface area contributed by atoms with Gasteiger partial charge in [0.25, 0.3) is 0 Å². The van der Waals surface area contributed by atoms with Gasteiger partial charge in [0, 0.05) is 30.4 Å². The summed E-state index contributed by atoms with van der Waals surface area (Å²) in [5.41, 5.74) is 8.12. The number of hydrogen-bond donors (Lipinski definition) is 2. The van der Waals surface area contributed by atoms with Crippen LogP contribution in [-0.2, 0) is 30.6 Å². The number of rotatable bonds is 15. The summed E-state index contributed by atoms with van der Waals surface area (Å²) in [6.07, 6.45) is 5.37. The first kappa shape index (κ1) is 31.8. The van der Waals surface area contributed by atoms with Crippen LogP contribution in [0, 0.1) is 11.8 Å². The van der Waals surface area contributed by atoms with E-state index >= 15 is 0 Å². The maximum Gasteiger partial charge on any atom is 0.303 e. The van der Waals surface area contributed by atoms with Crippen molar-refractivity contribution in [2.24, 2.45) is 11.8 Å². The number of anilines is 1. The van der Waals surface area contributed by atoms with Crippen LogP contribution in [0.1, 0.15) is 97.4 Å². The van der Waals surface area contributed by atoms with Crippen LogP contribution in [0.3, 0.4) is 0 Å². The Labute approximate surface area is 257 Å². The lowest BCUT2D eigenvalue weighted by Crippen LogP contribution is -2.14. The molecule has 0 aliphatic heterocycles. The third kappa shape index (κ3) is 8.93. The first-order chi connectivity index (χ1) is 20.6. The zero-order chi connectivity index (χ0) is 30.9. The van der Waals surface area contributed by atoms with E-state index in [-0.39, 0.29) is 18.2 Å². The maximum atomic E-state index is 13.7. The fourth-order valence-electron chi connectivity index (χ4n) is 5.66. The molecular weight excluding hydrogens is 532 g/mol. The van der Waals surface area contributed by atoms with Crippen LogP contribution in [0.2, 0.25) is 0 Å². The number of carboxylic acid groups (broad SMARTS) is 1. The van der Waals surface area contributed by atoms with Crippen molar-refractivity contribution < 1.29 is 14.7 Å². The number of nitrogens with zero attached hydrogens (tertiary/aromatic N) is 1. The Hall–Kier alpha value is -4.12. The molecule has 1 heterocycles. The summed E-state index contributed by atoms with van der Waals surface area (Å²) < 4.78 is 1.96. The lowest BCUT2D eigenvalue weighted by Gasteiger charge is -2.22. The number of carbonyl (C=O) groups is 2. The second kappa shape index (κ2) is 14.9. The van der Waals surface area contributed by atoms with E-state index in [0.29, 0.717) is 42.5 Å². The van der Waals surface area contributed by atoms with E-state index in [4.69, 9.17) is 5.11 Å². The second-order valence-corrected chi connectivity index (χ2v) is 12.4. The Morgan fingerprint density at radius 2 is 1.37 bits per heavy atom. The molecule has 2 N–H and O–H groups in total. The Bertz CT molecular complexity index is 1440. The monoisotopic (exact) mass is 578 g/mol. The highest BCUT2D eigenvalue weighted by Crippen LogP contribution is 2.29. The highest BCUT2D eigenvalue weighted by Gasteiger charge is 2.19. The first-order valence-electron chi connectivity index (χ1n) is 15.6. The number of hydrogen-bond acceptors (Lipinski definition) is 3. The predicted molar refractivity (Wildman–Crippen MR) is 176 cm³/mol. The molecule has 4 rings (SSSR count). The van der Waals surface area contributed by atoms with Gasteiger partial charge in [0.05, 0.1) is 11.7 Å². The smallest absolute Gasteiger partial charge is 0.303 e. The number of ketones is 1. The molecule has 0 atom stereocenters. The van der Waals surface area contributed by atoms with Gasteiger partial charge in [0.2, 0.25) is 5.78 Å². The fraction of sp³-hybridized carbons (Fsp3) is 0.368. The molecule has 0 spiro atoms. The van der Waals surface area contributed by atoms with Gasteiger partial charge in [0.1, 0.15) is 0 Å². The summed E-state index contributed by atoms with van der Waals surface area (Å²) >= 11 is 0. The van der Waals surface area contributed by atoms with Crippen molar-refractivity contribution >= 4 is 17.4 Å². The molecule has 0 bridgehead atoms. The minimum Gasteiger partial charge on any atom is -0.481 e. The van der Waals surface area contributed by atoms with Gasteiger partial charge >= 0.3 is 5.97 Å². The van der Waals surface area contributed by atoms with Gasteiger partial charge in [-0.05, 0) is 90.5 Å². The topological polar surface area (TPSA) is 71.3 Å². The summed E-state index contributed by atoms with van der Waals surface area (Å²) in [7, 11) is 0. The minimum absolute atomic E-state index is 0.0392. The lowest BCUT2D eigenvalue weighted by molar-refractivity contribution is -0.137. The molecule has 226 valence electrons. The third-order valence-corrected chi connectivity index (χ3v) is 7.73. The maximum absolute atomic E-state index is 13.7. The van der Waals surface area contributed by atoms with Crippen LogP contribution in [0.5, 0.6) is 0 Å². The molecule has 0 aliphatic carbocycles. The number of nitrogens with one attached hydrogen (secondary N) is 1. The normalized spacial score (nSPS) is 11.4. The lowest BCUT2D eigenvalue weighted by atomic mass is 9.93. The van der Waals surface area contributed by atoms with Gasteiger partial charge in [-0.2, -0.15) is 0 Å². The zero-order valence-electron chi connectivity index (χ0n) is 26.3. The van der Waals surface area contributed by atoms with E-state index < -0.39 is 5.97 Å². The standard InChI is InChI=1S/C38H46N2O3/c1-6-40-25-30(9-7-12-36(41)42)23-35(40)38(43)33-10-8-11-34(24-33)39-37(31-17-13-28(14-18-31)21-26(2)3)32-19-15-29(16-20-32)22-27(4)5/h8,10-11,13-20,23-27,37,39H,6-7,9,12,21-22H2,1-5H3,(H,41,42). The zero-order valence-corrected chi connectivity index (χ0v) is 26.3. The molecular formula is C38H46N2O3. The number of carbonyl (C=O) groups excluding carboxylic acids is 1. The highest BCUT2D eigenvalue weighted by atomic mass is 16.4. The van der Waals surface area contributed by atoms with E-state index in [1.165, 1.54) is 22.3 Å². The molecule has 0 radical (unpaired) electrons. The largest absolute Gasteiger partial charge is 0.481 e. The van der Waals surface area contributed by atoms with E-state index in [9.17, 15) is 9.59 Å². The van der Waals surface area contributed by atoms with Gasteiger partial charge in [-0.1, -0.05) is 88.4 Å². The number of aromatic nitrogens is 1. The quantitative estimate of drug-likeness (QED) is 0.138. The van der Waals surface area contributed by atoms with Crippen LogP contribution < -0.4 is 5.32 Å². The predicted octanol–water partition coefficient (Wildman–Crippen LogP) is 8.74. The third-order valence-electron chi connectivity index (χ3n) is 7.73. The number of carboxylic acids is 1. The van der Waals surface area contributed by atoms with Crippen LogP contribution in [-0.4, -0.2) is 21.4 Å². The molecule has 43 heavy (non-hydrogen) atoms. The second-order valence-electron chi connectivity index (χ2n) is 12.4. The Morgan fingerprint density at radius 3 is 1.88 bits per heavy atom. The Morgan fingerprint density at radius 1 is 0.791 bits per heavy atom. The molecule has 0 unspecified atom stereocenters. The molecule has 5 heteroatoms. The average Bonchev–Trinajstić information content (AvgIpc) is 3.39. The van der Waals surface area contributed by atoms with Crippen molar-refractivity contribution in [3.05, 3.63) is 124 Å². The molecule has 5 nitrogen and oxygen atoms in total. The van der Waals surface area contributed by atoms with E-state index in [2.05, 4.69) is 81.5 Å². The highest BCUT2D eigenvalue weighted by molar-refractivity contribution is 6.08. The van der Waals surface area contributed by atoms with Gasteiger partial charge < -0.3 is 15.0 Å². The van der Waals surface area contributed by atoms with E-state index in [1.54, 1.807) is 0 Å². The summed E-state index contributed by atoms with van der Waals surface area (Å²) in [4.78, 5) is 24.6. The van der Waals surface area contributed by atoms with Crippen molar-refractivity contribution in [1.82, 2.24) is 4.57 Å². The molecule has 0 saturated heterocycles. The SMILES string of the molecule is CCn1cc(CCCC(=O)O)cc1C(=O)c1cccc(NC(c2ccc(CC(C)C)cc2)c2ccc(CC(C)C)cc2)c1. The molecule has 4 aromatic rings. The van der Waals surface area contributed by atoms with Gasteiger partial charge in [-0.25, -0.2) is 0 Å². The molecule has 1 aromatic heterocycles. The van der Waals surface area contributed by atoms with Crippen LogP contribution in [0.15, 0.2) is 85.1 Å². The van der Waals surface area contributed by atoms with Crippen molar-refractivity contribution in [1.29, 1.82) is 0 Å². The summed E-state index contributed by atoms with van der Waals surface area (Å²) in [6.45, 7) is 11.6. The van der Waals surface area contributed by atoms with Gasteiger partial charge in [-0.15, -0.1) is 0 Å². The van der Waals surface area contributed by atoms with Crippen LogP contribution in [0.4, 0.5) is 5.69 Å². The summed E-state index contributed by atoms with van der Waals surface area (Å²) in [6, 6.07) is 27.3. The first-order valence-corrected chi connectivity index (χ1v) is 15.6. The molecule has 0 fully saturated rings. The van der Waals surface area contributed by atoms with Crippen LogP contribution >= 0.6 is 0 Å². The molecule has 3 aromatic carbocycles. The number of aryl methyl sites for hydroxylation is 2. The molecule has 0 saturated carbocycles. The van der Waals surface area contributed by atoms with Gasteiger partial charge in [0.15, 0.2) is 0 Å². The van der Waals surface area contributed by atoms with Crippen molar-refractivity contribution in [3.8, 4) is 0 Å².